The molecule has 1 nitrogen and oxygen atoms in total. The Morgan fingerprint density at radius 3 is 2.52 bits per heavy atom. The molecule has 0 aliphatic heterocycles. The molecule has 0 bridgehead atoms. The fourth-order valence-corrected chi connectivity index (χ4v) is 4.20. The first-order chi connectivity index (χ1) is 12.1. The van der Waals surface area contributed by atoms with Gasteiger partial charge in [0.05, 0.1) is 0 Å². The Morgan fingerprint density at radius 1 is 1.04 bits per heavy atom. The van der Waals surface area contributed by atoms with Gasteiger partial charge in [0.1, 0.15) is 0 Å². The van der Waals surface area contributed by atoms with E-state index in [1.165, 1.54) is 50.7 Å². The number of hydrogen-bond acceptors (Lipinski definition) is 1. The van der Waals surface area contributed by atoms with Crippen molar-refractivity contribution in [3.8, 4) is 0 Å². The first-order valence-electron chi connectivity index (χ1n) is 9.64. The molecule has 0 unspecified atom stereocenters. The summed E-state index contributed by atoms with van der Waals surface area (Å²) in [5, 5.41) is 0. The number of rotatable bonds is 6. The minimum absolute atomic E-state index is 0.661. The highest BCUT2D eigenvalue weighted by Gasteiger charge is 2.25. The van der Waals surface area contributed by atoms with Gasteiger partial charge < -0.3 is 4.90 Å². The second-order valence-corrected chi connectivity index (χ2v) is 7.52. The van der Waals surface area contributed by atoms with E-state index in [0.717, 1.165) is 30.9 Å². The van der Waals surface area contributed by atoms with E-state index in [1.54, 1.807) is 11.6 Å². The minimum atomic E-state index is -0.763. The second kappa shape index (κ2) is 8.75. The van der Waals surface area contributed by atoms with Crippen molar-refractivity contribution in [3.05, 3.63) is 59.2 Å². The molecule has 1 aromatic carbocycles. The molecular formula is C22H29F2N. The van der Waals surface area contributed by atoms with Gasteiger partial charge in [0.15, 0.2) is 11.6 Å². The molecule has 1 fully saturated rings. The monoisotopic (exact) mass is 345 g/mol. The van der Waals surface area contributed by atoms with Crippen LogP contribution in [0.2, 0.25) is 0 Å². The number of halogens is 2. The lowest BCUT2D eigenvalue weighted by Crippen LogP contribution is -2.36. The summed E-state index contributed by atoms with van der Waals surface area (Å²) in [6, 6.07) is 4.90. The standard InChI is InChI=1S/C22H29F2N/c1-25(15-5-6-17-9-14-21(23)22(24)16-17)20-12-10-19(11-13-20)18-7-3-2-4-8-18/h3,7-9,14,16,19-20H,2,4-6,10-13,15H2,1H3. The van der Waals surface area contributed by atoms with Crippen molar-refractivity contribution in [3.63, 3.8) is 0 Å². The normalized spacial score (nSPS) is 23.8. The van der Waals surface area contributed by atoms with E-state index in [-0.39, 0.29) is 0 Å². The molecule has 2 aliphatic carbocycles. The van der Waals surface area contributed by atoms with Gasteiger partial charge >= 0.3 is 0 Å². The molecular weight excluding hydrogens is 316 g/mol. The lowest BCUT2D eigenvalue weighted by atomic mass is 9.79. The minimum Gasteiger partial charge on any atom is -0.303 e. The zero-order valence-corrected chi connectivity index (χ0v) is 15.2. The van der Waals surface area contributed by atoms with E-state index in [0.29, 0.717) is 6.04 Å². The van der Waals surface area contributed by atoms with Crippen LogP contribution in [0.15, 0.2) is 42.0 Å². The van der Waals surface area contributed by atoms with Crippen LogP contribution in [0.3, 0.4) is 0 Å². The Balaban J connectivity index is 1.40. The molecule has 0 radical (unpaired) electrons. The number of aryl methyl sites for hydroxylation is 1. The number of hydrogen-bond donors (Lipinski definition) is 0. The summed E-state index contributed by atoms with van der Waals surface area (Å²) < 4.78 is 26.2. The van der Waals surface area contributed by atoms with Crippen molar-refractivity contribution in [1.82, 2.24) is 4.90 Å². The number of allylic oxidation sites excluding steroid dienone is 4. The maximum atomic E-state index is 13.3. The van der Waals surface area contributed by atoms with Crippen molar-refractivity contribution in [2.45, 2.75) is 57.4 Å². The van der Waals surface area contributed by atoms with Crippen LogP contribution in [0, 0.1) is 17.6 Å². The van der Waals surface area contributed by atoms with Crippen LogP contribution in [0.4, 0.5) is 8.78 Å². The third-order valence-electron chi connectivity index (χ3n) is 5.78. The van der Waals surface area contributed by atoms with Crippen molar-refractivity contribution < 1.29 is 8.78 Å². The van der Waals surface area contributed by atoms with E-state index >= 15 is 0 Å². The molecule has 0 atom stereocenters. The van der Waals surface area contributed by atoms with Gasteiger partial charge in [-0.1, -0.05) is 24.3 Å². The van der Waals surface area contributed by atoms with Crippen LogP contribution in [0.1, 0.15) is 50.5 Å². The van der Waals surface area contributed by atoms with Gasteiger partial charge in [-0.3, -0.25) is 0 Å². The molecule has 0 amide bonds. The number of nitrogens with zero attached hydrogens (tertiary/aromatic N) is 1. The van der Waals surface area contributed by atoms with Gasteiger partial charge in [-0.05, 0) is 94.1 Å². The molecule has 1 aromatic rings. The van der Waals surface area contributed by atoms with E-state index < -0.39 is 11.6 Å². The van der Waals surface area contributed by atoms with E-state index in [4.69, 9.17) is 0 Å². The quantitative estimate of drug-likeness (QED) is 0.642. The fraction of sp³-hybridized carbons (Fsp3) is 0.545. The molecule has 3 heteroatoms. The third kappa shape index (κ3) is 5.01. The van der Waals surface area contributed by atoms with Crippen LogP contribution >= 0.6 is 0 Å². The fourth-order valence-electron chi connectivity index (χ4n) is 4.20. The zero-order valence-electron chi connectivity index (χ0n) is 15.2. The summed E-state index contributed by atoms with van der Waals surface area (Å²) in [6.07, 6.45) is 16.3. The lowest BCUT2D eigenvalue weighted by Gasteiger charge is -2.35. The van der Waals surface area contributed by atoms with E-state index in [9.17, 15) is 8.78 Å². The maximum Gasteiger partial charge on any atom is 0.159 e. The van der Waals surface area contributed by atoms with Crippen molar-refractivity contribution in [2.75, 3.05) is 13.6 Å². The van der Waals surface area contributed by atoms with E-state index in [1.807, 2.05) is 0 Å². The van der Waals surface area contributed by atoms with Crippen molar-refractivity contribution >= 4 is 0 Å². The molecule has 0 N–H and O–H groups in total. The third-order valence-corrected chi connectivity index (χ3v) is 5.78. The van der Waals surface area contributed by atoms with Crippen LogP contribution in [0.25, 0.3) is 0 Å². The Hall–Kier alpha value is -1.48. The van der Waals surface area contributed by atoms with Gasteiger partial charge in [-0.15, -0.1) is 0 Å². The zero-order chi connectivity index (χ0) is 17.6. The molecule has 1 saturated carbocycles. The molecule has 136 valence electrons. The van der Waals surface area contributed by atoms with Crippen LogP contribution in [0.5, 0.6) is 0 Å². The second-order valence-electron chi connectivity index (χ2n) is 7.52. The summed E-state index contributed by atoms with van der Waals surface area (Å²) in [7, 11) is 2.20. The van der Waals surface area contributed by atoms with Gasteiger partial charge in [0.2, 0.25) is 0 Å². The largest absolute Gasteiger partial charge is 0.303 e. The Bertz CT molecular complexity index is 627. The van der Waals surface area contributed by atoms with Gasteiger partial charge in [-0.2, -0.15) is 0 Å². The molecule has 25 heavy (non-hydrogen) atoms. The Morgan fingerprint density at radius 2 is 1.84 bits per heavy atom. The Labute approximate surface area is 150 Å². The highest BCUT2D eigenvalue weighted by atomic mass is 19.2. The smallest absolute Gasteiger partial charge is 0.159 e. The van der Waals surface area contributed by atoms with Gasteiger partial charge in [-0.25, -0.2) is 8.78 Å². The molecule has 0 saturated heterocycles. The number of benzene rings is 1. The topological polar surface area (TPSA) is 3.24 Å². The average molecular weight is 345 g/mol. The summed E-state index contributed by atoms with van der Waals surface area (Å²) in [6.45, 7) is 1.01. The molecule has 2 aliphatic rings. The van der Waals surface area contributed by atoms with Crippen LogP contribution in [-0.4, -0.2) is 24.5 Å². The first kappa shape index (κ1) is 18.3. The highest BCUT2D eigenvalue weighted by Crippen LogP contribution is 2.34. The van der Waals surface area contributed by atoms with E-state index in [2.05, 4.69) is 30.2 Å². The first-order valence-corrected chi connectivity index (χ1v) is 9.64. The van der Waals surface area contributed by atoms with Gasteiger partial charge in [0, 0.05) is 6.04 Å². The van der Waals surface area contributed by atoms with Gasteiger partial charge in [0.25, 0.3) is 0 Å². The summed E-state index contributed by atoms with van der Waals surface area (Å²) in [4.78, 5) is 2.46. The SMILES string of the molecule is CN(CCCc1ccc(F)c(F)c1)C1CCC(C2=CCCC=C2)CC1. The summed E-state index contributed by atoms with van der Waals surface area (Å²) >= 11 is 0. The maximum absolute atomic E-state index is 13.3. The van der Waals surface area contributed by atoms with Crippen LogP contribution in [-0.2, 0) is 6.42 Å². The molecule has 0 aromatic heterocycles. The van der Waals surface area contributed by atoms with Crippen molar-refractivity contribution in [1.29, 1.82) is 0 Å². The highest BCUT2D eigenvalue weighted by molar-refractivity contribution is 5.25. The predicted octanol–water partition coefficient (Wildman–Crippen LogP) is 5.66. The Kier molecular flexibility index (Phi) is 6.41. The van der Waals surface area contributed by atoms with Crippen molar-refractivity contribution in [2.24, 2.45) is 5.92 Å². The molecule has 0 spiro atoms. The summed E-state index contributed by atoms with van der Waals surface area (Å²) in [5.74, 6) is -0.751. The average Bonchev–Trinajstić information content (AvgIpc) is 2.65. The molecule has 3 rings (SSSR count). The lowest BCUT2D eigenvalue weighted by molar-refractivity contribution is 0.173. The predicted molar refractivity (Wildman–Crippen MR) is 99.5 cm³/mol. The molecule has 0 heterocycles. The summed E-state index contributed by atoms with van der Waals surface area (Å²) in [5.41, 5.74) is 2.44. The van der Waals surface area contributed by atoms with Crippen LogP contribution < -0.4 is 0 Å².